The molecule has 4 rings (SSSR count). The molecule has 1 atom stereocenters. The number of rotatable bonds is 10. The van der Waals surface area contributed by atoms with E-state index in [1.54, 1.807) is 41.9 Å². The van der Waals surface area contributed by atoms with Gasteiger partial charge in [-0.2, -0.15) is 4.98 Å². The van der Waals surface area contributed by atoms with Crippen LogP contribution in [0.1, 0.15) is 31.0 Å². The minimum atomic E-state index is -0.619. The number of allylic oxidation sites excluding steroid dienone is 1. The van der Waals surface area contributed by atoms with Crippen molar-refractivity contribution in [3.8, 4) is 11.5 Å². The summed E-state index contributed by atoms with van der Waals surface area (Å²) in [5, 5.41) is 8.40. The van der Waals surface area contributed by atoms with E-state index in [9.17, 15) is 9.18 Å². The molecule has 1 N–H and O–H groups in total. The van der Waals surface area contributed by atoms with Crippen molar-refractivity contribution in [3.63, 3.8) is 0 Å². The molecule has 3 aromatic rings. The Hall–Kier alpha value is -3.79. The normalized spacial score (nSPS) is 14.6. The molecular formula is C26H27FN4O4S. The van der Waals surface area contributed by atoms with Gasteiger partial charge < -0.3 is 19.5 Å². The fourth-order valence-electron chi connectivity index (χ4n) is 3.85. The SMILES string of the molecule is C=CCOC(=O)C1=C(C)Nc2nc(SCC)nn2C1c1ccc(OCc2ccccc2F)c(OC)c1. The standard InChI is InChI=1S/C26H27FN4O4S/c1-5-13-34-24(32)22-16(3)28-25-29-26(36-6-2)30-31(25)23(22)17-11-12-20(21(14-17)33-4)35-15-18-9-7-8-10-19(18)27/h5,7-12,14,23H,1,6,13,15H2,2-4H3,(H,28,29,30). The number of benzene rings is 2. The van der Waals surface area contributed by atoms with Crippen LogP contribution in [0, 0.1) is 5.82 Å². The summed E-state index contributed by atoms with van der Waals surface area (Å²) in [7, 11) is 1.52. The number of ether oxygens (including phenoxy) is 3. The highest BCUT2D eigenvalue weighted by molar-refractivity contribution is 7.99. The van der Waals surface area contributed by atoms with Gasteiger partial charge in [0, 0.05) is 11.3 Å². The Bertz CT molecular complexity index is 1310. The summed E-state index contributed by atoms with van der Waals surface area (Å²) < 4.78 is 32.5. The van der Waals surface area contributed by atoms with E-state index in [2.05, 4.69) is 22.0 Å². The molecule has 0 aliphatic carbocycles. The lowest BCUT2D eigenvalue weighted by Crippen LogP contribution is -2.29. The summed E-state index contributed by atoms with van der Waals surface area (Å²) in [6, 6.07) is 11.1. The van der Waals surface area contributed by atoms with E-state index in [0.717, 1.165) is 11.3 Å². The minimum Gasteiger partial charge on any atom is -0.493 e. The van der Waals surface area contributed by atoms with Crippen LogP contribution in [0.2, 0.25) is 0 Å². The number of esters is 1. The van der Waals surface area contributed by atoms with Gasteiger partial charge in [-0.25, -0.2) is 13.9 Å². The summed E-state index contributed by atoms with van der Waals surface area (Å²) in [4.78, 5) is 17.6. The van der Waals surface area contributed by atoms with Gasteiger partial charge in [0.25, 0.3) is 0 Å². The fourth-order valence-corrected chi connectivity index (χ4v) is 4.41. The van der Waals surface area contributed by atoms with Crippen LogP contribution in [0.4, 0.5) is 10.3 Å². The molecule has 10 heteroatoms. The van der Waals surface area contributed by atoms with Crippen LogP contribution >= 0.6 is 11.8 Å². The van der Waals surface area contributed by atoms with Gasteiger partial charge in [0.15, 0.2) is 11.5 Å². The predicted molar refractivity (Wildman–Crippen MR) is 136 cm³/mol. The van der Waals surface area contributed by atoms with Gasteiger partial charge in [0.1, 0.15) is 25.1 Å². The average Bonchev–Trinajstić information content (AvgIpc) is 3.28. The van der Waals surface area contributed by atoms with E-state index in [-0.39, 0.29) is 19.0 Å². The lowest BCUT2D eigenvalue weighted by Gasteiger charge is -2.28. The van der Waals surface area contributed by atoms with Gasteiger partial charge in [-0.3, -0.25) is 0 Å². The highest BCUT2D eigenvalue weighted by Crippen LogP contribution is 2.40. The Morgan fingerprint density at radius 2 is 2.08 bits per heavy atom. The third kappa shape index (κ3) is 5.23. The molecule has 0 fully saturated rings. The first-order valence-corrected chi connectivity index (χ1v) is 12.3. The molecule has 1 aromatic heterocycles. The van der Waals surface area contributed by atoms with E-state index in [1.165, 1.54) is 31.0 Å². The first-order chi connectivity index (χ1) is 17.5. The number of thioether (sulfide) groups is 1. The zero-order valence-corrected chi connectivity index (χ0v) is 21.1. The Kier molecular flexibility index (Phi) is 7.94. The molecule has 2 aromatic carbocycles. The minimum absolute atomic E-state index is 0.0404. The number of hydrogen-bond acceptors (Lipinski definition) is 8. The third-order valence-electron chi connectivity index (χ3n) is 5.50. The highest BCUT2D eigenvalue weighted by Gasteiger charge is 2.35. The van der Waals surface area contributed by atoms with Gasteiger partial charge in [0.05, 0.1) is 12.7 Å². The Balaban J connectivity index is 1.72. The topological polar surface area (TPSA) is 87.5 Å². The number of hydrogen-bond donors (Lipinski definition) is 1. The Labute approximate surface area is 213 Å². The zero-order chi connectivity index (χ0) is 25.7. The van der Waals surface area contributed by atoms with Crippen LogP contribution in [-0.2, 0) is 16.1 Å². The molecule has 1 unspecified atom stereocenters. The predicted octanol–water partition coefficient (Wildman–Crippen LogP) is 5.13. The van der Waals surface area contributed by atoms with Crippen LogP contribution in [0.5, 0.6) is 11.5 Å². The van der Waals surface area contributed by atoms with Crippen molar-refractivity contribution in [1.29, 1.82) is 0 Å². The van der Waals surface area contributed by atoms with Crippen LogP contribution in [0.15, 0.2) is 71.5 Å². The van der Waals surface area contributed by atoms with Crippen LogP contribution in [-0.4, -0.2) is 40.2 Å². The molecule has 0 bridgehead atoms. The van der Waals surface area contributed by atoms with Gasteiger partial charge in [-0.05, 0) is 36.4 Å². The summed E-state index contributed by atoms with van der Waals surface area (Å²) in [5.74, 6) is 1.36. The smallest absolute Gasteiger partial charge is 0.338 e. The van der Waals surface area contributed by atoms with Crippen molar-refractivity contribution < 1.29 is 23.4 Å². The first kappa shape index (κ1) is 25.3. The molecule has 0 amide bonds. The summed E-state index contributed by atoms with van der Waals surface area (Å²) >= 11 is 1.50. The quantitative estimate of drug-likeness (QED) is 0.228. The molecule has 8 nitrogen and oxygen atoms in total. The number of methoxy groups -OCH3 is 1. The monoisotopic (exact) mass is 510 g/mol. The van der Waals surface area contributed by atoms with E-state index in [0.29, 0.717) is 39.4 Å². The summed E-state index contributed by atoms with van der Waals surface area (Å²) in [6.45, 7) is 7.55. The van der Waals surface area contributed by atoms with Gasteiger partial charge in [0.2, 0.25) is 11.1 Å². The molecule has 0 saturated carbocycles. The Morgan fingerprint density at radius 1 is 1.28 bits per heavy atom. The van der Waals surface area contributed by atoms with Crippen molar-refractivity contribution in [2.24, 2.45) is 0 Å². The summed E-state index contributed by atoms with van der Waals surface area (Å²) in [6.07, 6.45) is 1.51. The second kappa shape index (κ2) is 11.3. The van der Waals surface area contributed by atoms with E-state index in [1.807, 2.05) is 13.0 Å². The van der Waals surface area contributed by atoms with Gasteiger partial charge in [-0.1, -0.05) is 55.6 Å². The van der Waals surface area contributed by atoms with Gasteiger partial charge in [-0.15, -0.1) is 5.10 Å². The van der Waals surface area contributed by atoms with Crippen LogP contribution < -0.4 is 14.8 Å². The maximum absolute atomic E-state index is 14.0. The molecule has 1 aliphatic heterocycles. The second-order valence-corrected chi connectivity index (χ2v) is 9.07. The van der Waals surface area contributed by atoms with Crippen molar-refractivity contribution >= 4 is 23.7 Å². The number of aromatic nitrogens is 3. The molecule has 0 radical (unpaired) electrons. The molecule has 0 saturated heterocycles. The molecule has 36 heavy (non-hydrogen) atoms. The first-order valence-electron chi connectivity index (χ1n) is 11.4. The molecular weight excluding hydrogens is 483 g/mol. The number of nitrogens with zero attached hydrogens (tertiary/aromatic N) is 3. The number of halogens is 1. The fraction of sp³-hybridized carbons (Fsp3) is 0.269. The molecule has 2 heterocycles. The van der Waals surface area contributed by atoms with Crippen LogP contribution in [0.25, 0.3) is 0 Å². The molecule has 0 spiro atoms. The average molecular weight is 511 g/mol. The van der Waals surface area contributed by atoms with E-state index >= 15 is 0 Å². The molecule has 188 valence electrons. The highest BCUT2D eigenvalue weighted by atomic mass is 32.2. The number of carbonyl (C=O) groups excluding carboxylic acids is 1. The van der Waals surface area contributed by atoms with Crippen molar-refractivity contribution in [1.82, 2.24) is 14.8 Å². The van der Waals surface area contributed by atoms with Crippen molar-refractivity contribution in [2.45, 2.75) is 31.7 Å². The van der Waals surface area contributed by atoms with Crippen molar-refractivity contribution in [3.05, 3.63) is 83.3 Å². The third-order valence-corrected chi connectivity index (χ3v) is 6.22. The second-order valence-electron chi connectivity index (χ2n) is 7.84. The number of fused-ring (bicyclic) bond motifs is 1. The summed E-state index contributed by atoms with van der Waals surface area (Å²) in [5.41, 5.74) is 2.15. The van der Waals surface area contributed by atoms with Gasteiger partial charge >= 0.3 is 5.97 Å². The van der Waals surface area contributed by atoms with E-state index in [4.69, 9.17) is 14.2 Å². The zero-order valence-electron chi connectivity index (χ0n) is 20.3. The largest absolute Gasteiger partial charge is 0.493 e. The maximum Gasteiger partial charge on any atom is 0.338 e. The van der Waals surface area contributed by atoms with E-state index < -0.39 is 12.0 Å². The lowest BCUT2D eigenvalue weighted by molar-refractivity contribution is -0.138. The maximum atomic E-state index is 14.0. The number of nitrogens with one attached hydrogen (secondary N) is 1. The Morgan fingerprint density at radius 3 is 2.81 bits per heavy atom. The molecule has 1 aliphatic rings. The van der Waals surface area contributed by atoms with Crippen LogP contribution in [0.3, 0.4) is 0 Å². The number of carbonyl (C=O) groups is 1. The van der Waals surface area contributed by atoms with Crippen molar-refractivity contribution in [2.75, 3.05) is 24.8 Å². The number of anilines is 1. The lowest BCUT2D eigenvalue weighted by atomic mass is 9.95.